The Bertz CT molecular complexity index is 389. The van der Waals surface area contributed by atoms with Gasteiger partial charge in [-0.15, -0.1) is 11.3 Å². The molecule has 18 heavy (non-hydrogen) atoms. The van der Waals surface area contributed by atoms with Crippen molar-refractivity contribution in [3.63, 3.8) is 0 Å². The van der Waals surface area contributed by atoms with Crippen molar-refractivity contribution in [1.29, 1.82) is 0 Å². The van der Waals surface area contributed by atoms with Gasteiger partial charge in [-0.3, -0.25) is 9.69 Å². The molecule has 0 saturated carbocycles. The second kappa shape index (κ2) is 6.87. The van der Waals surface area contributed by atoms with E-state index >= 15 is 0 Å². The summed E-state index contributed by atoms with van der Waals surface area (Å²) >= 11 is 1.73. The highest BCUT2D eigenvalue weighted by Crippen LogP contribution is 2.27. The van der Waals surface area contributed by atoms with Gasteiger partial charge < -0.3 is 11.5 Å². The summed E-state index contributed by atoms with van der Waals surface area (Å²) in [5.74, 6) is 0.168. The Kier molecular flexibility index (Phi) is 5.78. The lowest BCUT2D eigenvalue weighted by molar-refractivity contribution is -0.119. The van der Waals surface area contributed by atoms with Crippen molar-refractivity contribution < 1.29 is 4.79 Å². The summed E-state index contributed by atoms with van der Waals surface area (Å²) in [4.78, 5) is 15.7. The number of amides is 1. The first kappa shape index (κ1) is 15.1. The van der Waals surface area contributed by atoms with Crippen LogP contribution in [0.15, 0.2) is 12.1 Å². The molecule has 1 aromatic heterocycles. The fourth-order valence-corrected chi connectivity index (χ4v) is 3.07. The molecule has 0 aliphatic rings. The molecule has 0 aliphatic heterocycles. The molecule has 1 rings (SSSR count). The van der Waals surface area contributed by atoms with Gasteiger partial charge in [0.15, 0.2) is 0 Å². The van der Waals surface area contributed by atoms with Crippen molar-refractivity contribution in [2.75, 3.05) is 19.6 Å². The van der Waals surface area contributed by atoms with Crippen LogP contribution in [0.3, 0.4) is 0 Å². The molecule has 4 N–H and O–H groups in total. The second-order valence-electron chi connectivity index (χ2n) is 4.99. The molecule has 1 aromatic rings. The number of aryl methyl sites for hydroxylation is 1. The first-order valence-electron chi connectivity index (χ1n) is 6.22. The molecular weight excluding hydrogens is 246 g/mol. The van der Waals surface area contributed by atoms with Gasteiger partial charge in [-0.2, -0.15) is 0 Å². The van der Waals surface area contributed by atoms with E-state index < -0.39 is 0 Å². The van der Waals surface area contributed by atoms with Crippen molar-refractivity contribution in [3.05, 3.63) is 21.9 Å². The average molecular weight is 269 g/mol. The van der Waals surface area contributed by atoms with Crippen molar-refractivity contribution in [2.45, 2.75) is 26.8 Å². The molecule has 5 heteroatoms. The van der Waals surface area contributed by atoms with E-state index in [4.69, 9.17) is 11.5 Å². The number of carbonyl (C=O) groups excluding carboxylic acids is 1. The number of primary amides is 1. The minimum Gasteiger partial charge on any atom is -0.369 e. The molecule has 102 valence electrons. The number of hydrogen-bond donors (Lipinski definition) is 2. The van der Waals surface area contributed by atoms with Crippen LogP contribution in [-0.4, -0.2) is 30.4 Å². The number of thiophene rings is 1. The summed E-state index contributed by atoms with van der Waals surface area (Å²) in [5, 5.41) is 0. The zero-order valence-electron chi connectivity index (χ0n) is 11.3. The average Bonchev–Trinajstić information content (AvgIpc) is 2.64. The molecule has 0 radical (unpaired) electrons. The van der Waals surface area contributed by atoms with E-state index in [2.05, 4.69) is 37.8 Å². The molecule has 0 fully saturated rings. The van der Waals surface area contributed by atoms with Crippen molar-refractivity contribution in [2.24, 2.45) is 17.4 Å². The third-order valence-corrected chi connectivity index (χ3v) is 3.81. The lowest BCUT2D eigenvalue weighted by atomic mass is 10.1. The van der Waals surface area contributed by atoms with Gasteiger partial charge in [0.1, 0.15) is 0 Å². The van der Waals surface area contributed by atoms with E-state index in [9.17, 15) is 4.79 Å². The third-order valence-electron chi connectivity index (χ3n) is 2.71. The standard InChI is InChI=1S/C13H23N3OS/c1-9(2)7-16(8-13(15)17)11(6-14)12-5-4-10(3)18-12/h4-5,9,11H,6-8,14H2,1-3H3,(H2,15,17). The van der Waals surface area contributed by atoms with Crippen molar-refractivity contribution in [1.82, 2.24) is 4.90 Å². The molecule has 0 saturated heterocycles. The van der Waals surface area contributed by atoms with Crippen LogP contribution in [-0.2, 0) is 4.79 Å². The van der Waals surface area contributed by atoms with Crippen LogP contribution in [0.5, 0.6) is 0 Å². The van der Waals surface area contributed by atoms with Gasteiger partial charge in [-0.05, 0) is 25.0 Å². The zero-order valence-corrected chi connectivity index (χ0v) is 12.2. The Balaban J connectivity index is 2.88. The predicted molar refractivity (Wildman–Crippen MR) is 76.5 cm³/mol. The first-order valence-corrected chi connectivity index (χ1v) is 7.04. The summed E-state index contributed by atoms with van der Waals surface area (Å²) in [6, 6.07) is 4.25. The maximum Gasteiger partial charge on any atom is 0.231 e. The zero-order chi connectivity index (χ0) is 13.7. The van der Waals surface area contributed by atoms with E-state index in [1.807, 2.05) is 0 Å². The maximum absolute atomic E-state index is 11.2. The molecular formula is C13H23N3OS. The second-order valence-corrected chi connectivity index (χ2v) is 6.31. The minimum absolute atomic E-state index is 0.0820. The fraction of sp³-hybridized carbons (Fsp3) is 0.615. The topological polar surface area (TPSA) is 72.3 Å². The van der Waals surface area contributed by atoms with Crippen LogP contribution >= 0.6 is 11.3 Å². The molecule has 4 nitrogen and oxygen atoms in total. The monoisotopic (exact) mass is 269 g/mol. The third kappa shape index (κ3) is 4.40. The van der Waals surface area contributed by atoms with Gasteiger partial charge in [-0.1, -0.05) is 13.8 Å². The number of nitrogens with zero attached hydrogens (tertiary/aromatic N) is 1. The van der Waals surface area contributed by atoms with E-state index in [0.29, 0.717) is 12.5 Å². The van der Waals surface area contributed by atoms with Crippen LogP contribution in [0.25, 0.3) is 0 Å². The number of nitrogens with two attached hydrogens (primary N) is 2. The van der Waals surface area contributed by atoms with E-state index in [-0.39, 0.29) is 18.5 Å². The van der Waals surface area contributed by atoms with Gasteiger partial charge in [0.2, 0.25) is 5.91 Å². The Morgan fingerprint density at radius 1 is 1.44 bits per heavy atom. The van der Waals surface area contributed by atoms with Crippen LogP contribution in [0, 0.1) is 12.8 Å². The summed E-state index contributed by atoms with van der Waals surface area (Å²) in [6.07, 6.45) is 0. The van der Waals surface area contributed by atoms with Crippen molar-refractivity contribution in [3.8, 4) is 0 Å². The molecule has 0 aromatic carbocycles. The van der Waals surface area contributed by atoms with E-state index in [1.165, 1.54) is 9.75 Å². The van der Waals surface area contributed by atoms with Gasteiger partial charge in [-0.25, -0.2) is 0 Å². The van der Waals surface area contributed by atoms with E-state index in [1.54, 1.807) is 11.3 Å². The summed E-state index contributed by atoms with van der Waals surface area (Å²) in [6.45, 7) is 7.91. The normalized spacial score (nSPS) is 13.2. The smallest absolute Gasteiger partial charge is 0.231 e. The van der Waals surface area contributed by atoms with E-state index in [0.717, 1.165) is 6.54 Å². The van der Waals surface area contributed by atoms with Gasteiger partial charge in [0.25, 0.3) is 0 Å². The highest BCUT2D eigenvalue weighted by molar-refractivity contribution is 7.12. The van der Waals surface area contributed by atoms with Crippen LogP contribution in [0.4, 0.5) is 0 Å². The summed E-state index contributed by atoms with van der Waals surface area (Å²) in [7, 11) is 0. The largest absolute Gasteiger partial charge is 0.369 e. The number of carbonyl (C=O) groups is 1. The van der Waals surface area contributed by atoms with Crippen LogP contribution in [0.2, 0.25) is 0 Å². The molecule has 1 atom stereocenters. The SMILES string of the molecule is Cc1ccc(C(CN)N(CC(N)=O)CC(C)C)s1. The van der Waals surface area contributed by atoms with Crippen LogP contribution < -0.4 is 11.5 Å². The summed E-state index contributed by atoms with van der Waals surface area (Å²) in [5.41, 5.74) is 11.2. The molecule has 1 heterocycles. The Hall–Kier alpha value is -0.910. The molecule has 0 spiro atoms. The highest BCUT2D eigenvalue weighted by Gasteiger charge is 2.22. The predicted octanol–water partition coefficient (Wildman–Crippen LogP) is 1.50. The van der Waals surface area contributed by atoms with Gasteiger partial charge in [0.05, 0.1) is 12.6 Å². The van der Waals surface area contributed by atoms with Gasteiger partial charge >= 0.3 is 0 Å². The summed E-state index contributed by atoms with van der Waals surface area (Å²) < 4.78 is 0. The lowest BCUT2D eigenvalue weighted by Gasteiger charge is -2.30. The van der Waals surface area contributed by atoms with Crippen molar-refractivity contribution >= 4 is 17.2 Å². The number of hydrogen-bond acceptors (Lipinski definition) is 4. The minimum atomic E-state index is -0.303. The molecule has 1 amide bonds. The lowest BCUT2D eigenvalue weighted by Crippen LogP contribution is -2.41. The molecule has 1 unspecified atom stereocenters. The fourth-order valence-electron chi connectivity index (χ4n) is 2.05. The first-order chi connectivity index (χ1) is 8.43. The Morgan fingerprint density at radius 3 is 2.50 bits per heavy atom. The Labute approximate surface area is 113 Å². The van der Waals surface area contributed by atoms with Crippen LogP contribution in [0.1, 0.15) is 29.6 Å². The van der Waals surface area contributed by atoms with Gasteiger partial charge in [0, 0.05) is 22.8 Å². The number of rotatable bonds is 7. The maximum atomic E-state index is 11.2. The highest BCUT2D eigenvalue weighted by atomic mass is 32.1. The molecule has 0 bridgehead atoms. The quantitative estimate of drug-likeness (QED) is 0.788. The molecule has 0 aliphatic carbocycles. The Morgan fingerprint density at radius 2 is 2.11 bits per heavy atom.